The molecule has 0 aliphatic carbocycles. The molecule has 140 valence electrons. The lowest BCUT2D eigenvalue weighted by Crippen LogP contribution is -2.30. The lowest BCUT2D eigenvalue weighted by atomic mass is 10.2. The molecule has 2 amide bonds. The Balaban J connectivity index is 2.09. The molecule has 0 spiro atoms. The Morgan fingerprint density at radius 1 is 1.38 bits per heavy atom. The van der Waals surface area contributed by atoms with Gasteiger partial charge in [-0.25, -0.2) is 0 Å². The van der Waals surface area contributed by atoms with Crippen molar-refractivity contribution < 1.29 is 14.5 Å². The molecule has 2 N–H and O–H groups in total. The van der Waals surface area contributed by atoms with Crippen molar-refractivity contribution in [3.63, 3.8) is 0 Å². The number of anilines is 1. The van der Waals surface area contributed by atoms with Gasteiger partial charge >= 0.3 is 5.69 Å². The minimum Gasteiger partial charge on any atom is -0.350 e. The van der Waals surface area contributed by atoms with E-state index in [0.29, 0.717) is 6.54 Å². The van der Waals surface area contributed by atoms with Gasteiger partial charge in [0, 0.05) is 13.6 Å². The predicted octanol–water partition coefficient (Wildman–Crippen LogP) is 0.858. The van der Waals surface area contributed by atoms with Crippen LogP contribution in [0, 0.1) is 23.0 Å². The van der Waals surface area contributed by atoms with Crippen LogP contribution in [0.2, 0.25) is 0 Å². The number of hydrogen-bond donors (Lipinski definition) is 2. The highest BCUT2D eigenvalue weighted by molar-refractivity contribution is 6.02. The number of rotatable bonds is 7. The zero-order chi connectivity index (χ0) is 19.4. The standard InChI is InChI=1S/C15H21N7O4/c1-9(2)5-16-15(24)14-11(6-17-20(14)4)18-13(23)8-21-7-12(22(25)26)10(3)19-21/h6-7,9H,5,8H2,1-4H3,(H,16,24)(H,18,23). The molecule has 2 aromatic heterocycles. The minimum atomic E-state index is -0.560. The maximum atomic E-state index is 12.3. The maximum Gasteiger partial charge on any atom is 0.309 e. The molecule has 0 bridgehead atoms. The second-order valence-corrected chi connectivity index (χ2v) is 6.24. The molecule has 0 aromatic carbocycles. The largest absolute Gasteiger partial charge is 0.350 e. The van der Waals surface area contributed by atoms with E-state index < -0.39 is 10.8 Å². The van der Waals surface area contributed by atoms with Gasteiger partial charge in [0.05, 0.1) is 16.8 Å². The highest BCUT2D eigenvalue weighted by atomic mass is 16.6. The molecule has 11 heteroatoms. The Bertz CT molecular complexity index is 837. The lowest BCUT2D eigenvalue weighted by Gasteiger charge is -2.10. The highest BCUT2D eigenvalue weighted by Gasteiger charge is 2.20. The molecule has 0 aliphatic rings. The van der Waals surface area contributed by atoms with Crippen LogP contribution in [0.15, 0.2) is 12.4 Å². The van der Waals surface area contributed by atoms with Crippen molar-refractivity contribution in [3.05, 3.63) is 33.9 Å². The van der Waals surface area contributed by atoms with Gasteiger partial charge in [0.15, 0.2) is 0 Å². The van der Waals surface area contributed by atoms with E-state index in [9.17, 15) is 19.7 Å². The normalized spacial score (nSPS) is 10.8. The Morgan fingerprint density at radius 2 is 2.08 bits per heavy atom. The average molecular weight is 363 g/mol. The van der Waals surface area contributed by atoms with Crippen LogP contribution in [0.3, 0.4) is 0 Å². The molecule has 2 rings (SSSR count). The first kappa shape index (κ1) is 19.1. The highest BCUT2D eigenvalue weighted by Crippen LogP contribution is 2.16. The first-order valence-electron chi connectivity index (χ1n) is 7.97. The first-order valence-corrected chi connectivity index (χ1v) is 7.97. The van der Waals surface area contributed by atoms with Crippen molar-refractivity contribution in [1.29, 1.82) is 0 Å². The van der Waals surface area contributed by atoms with Crippen LogP contribution in [0.1, 0.15) is 30.0 Å². The van der Waals surface area contributed by atoms with Gasteiger partial charge in [-0.2, -0.15) is 10.2 Å². The third-order valence-corrected chi connectivity index (χ3v) is 3.52. The fraction of sp³-hybridized carbons (Fsp3) is 0.467. The summed E-state index contributed by atoms with van der Waals surface area (Å²) in [5.74, 6) is -0.544. The maximum absolute atomic E-state index is 12.3. The molecule has 26 heavy (non-hydrogen) atoms. The summed E-state index contributed by atoms with van der Waals surface area (Å²) in [6, 6.07) is 0. The Morgan fingerprint density at radius 3 is 2.65 bits per heavy atom. The number of hydrogen-bond acceptors (Lipinski definition) is 6. The molecule has 2 heterocycles. The second kappa shape index (κ2) is 7.76. The van der Waals surface area contributed by atoms with Gasteiger partial charge < -0.3 is 10.6 Å². The van der Waals surface area contributed by atoms with E-state index in [1.165, 1.54) is 28.7 Å². The molecular formula is C15H21N7O4. The van der Waals surface area contributed by atoms with Crippen LogP contribution in [0.4, 0.5) is 11.4 Å². The molecule has 0 fully saturated rings. The van der Waals surface area contributed by atoms with Crippen molar-refractivity contribution in [3.8, 4) is 0 Å². The smallest absolute Gasteiger partial charge is 0.309 e. The molecule has 0 saturated heterocycles. The van der Waals surface area contributed by atoms with E-state index in [0.717, 1.165) is 0 Å². The quantitative estimate of drug-likeness (QED) is 0.553. The van der Waals surface area contributed by atoms with Crippen LogP contribution in [-0.4, -0.2) is 42.8 Å². The van der Waals surface area contributed by atoms with Gasteiger partial charge in [0.2, 0.25) is 5.91 Å². The second-order valence-electron chi connectivity index (χ2n) is 6.24. The van der Waals surface area contributed by atoms with Gasteiger partial charge in [0.1, 0.15) is 24.1 Å². The molecular weight excluding hydrogens is 342 g/mol. The van der Waals surface area contributed by atoms with Gasteiger partial charge in [0.25, 0.3) is 5.91 Å². The molecule has 11 nitrogen and oxygen atoms in total. The van der Waals surface area contributed by atoms with Gasteiger partial charge in [-0.3, -0.25) is 29.1 Å². The lowest BCUT2D eigenvalue weighted by molar-refractivity contribution is -0.385. The number of aryl methyl sites for hydroxylation is 2. The van der Waals surface area contributed by atoms with Crippen molar-refractivity contribution in [2.45, 2.75) is 27.3 Å². The summed E-state index contributed by atoms with van der Waals surface area (Å²) in [4.78, 5) is 34.8. The molecule has 0 atom stereocenters. The first-order chi connectivity index (χ1) is 12.2. The van der Waals surface area contributed by atoms with E-state index in [2.05, 4.69) is 20.8 Å². The van der Waals surface area contributed by atoms with Crippen molar-refractivity contribution in [1.82, 2.24) is 24.9 Å². The van der Waals surface area contributed by atoms with Gasteiger partial charge in [-0.05, 0) is 12.8 Å². The van der Waals surface area contributed by atoms with Gasteiger partial charge in [-0.15, -0.1) is 0 Å². The number of carbonyl (C=O) groups is 2. The molecule has 2 aromatic rings. The summed E-state index contributed by atoms with van der Waals surface area (Å²) in [6.07, 6.45) is 2.56. The predicted molar refractivity (Wildman–Crippen MR) is 92.6 cm³/mol. The Kier molecular flexibility index (Phi) is 5.70. The van der Waals surface area contributed by atoms with Crippen LogP contribution in [0.25, 0.3) is 0 Å². The minimum absolute atomic E-state index is 0.159. The van der Waals surface area contributed by atoms with E-state index >= 15 is 0 Å². The zero-order valence-electron chi connectivity index (χ0n) is 15.0. The number of nitrogens with one attached hydrogen (secondary N) is 2. The van der Waals surface area contributed by atoms with Crippen molar-refractivity contribution in [2.75, 3.05) is 11.9 Å². The van der Waals surface area contributed by atoms with Crippen LogP contribution in [-0.2, 0) is 18.4 Å². The fourth-order valence-corrected chi connectivity index (χ4v) is 2.28. The third-order valence-electron chi connectivity index (χ3n) is 3.52. The van der Waals surface area contributed by atoms with Crippen molar-refractivity contribution >= 4 is 23.2 Å². The summed E-state index contributed by atoms with van der Waals surface area (Å²) >= 11 is 0. The number of nitro groups is 1. The summed E-state index contributed by atoms with van der Waals surface area (Å²) < 4.78 is 2.55. The molecule has 0 radical (unpaired) electrons. The van der Waals surface area contributed by atoms with Crippen LogP contribution < -0.4 is 10.6 Å². The van der Waals surface area contributed by atoms with Crippen molar-refractivity contribution in [2.24, 2.45) is 13.0 Å². The molecule has 0 saturated carbocycles. The van der Waals surface area contributed by atoms with Crippen LogP contribution in [0.5, 0.6) is 0 Å². The monoisotopic (exact) mass is 363 g/mol. The number of carbonyl (C=O) groups excluding carboxylic acids is 2. The number of aromatic nitrogens is 4. The zero-order valence-corrected chi connectivity index (χ0v) is 15.0. The van der Waals surface area contributed by atoms with E-state index in [1.54, 1.807) is 7.05 Å². The van der Waals surface area contributed by atoms with Crippen LogP contribution >= 0.6 is 0 Å². The third kappa shape index (κ3) is 4.43. The number of amides is 2. The Hall–Kier alpha value is -3.24. The Labute approximate surface area is 149 Å². The summed E-state index contributed by atoms with van der Waals surface area (Å²) in [5, 5.41) is 24.1. The van der Waals surface area contributed by atoms with E-state index in [4.69, 9.17) is 0 Å². The summed E-state index contributed by atoms with van der Waals surface area (Å²) in [5.41, 5.74) is 0.546. The molecule has 0 aliphatic heterocycles. The van der Waals surface area contributed by atoms with Gasteiger partial charge in [-0.1, -0.05) is 13.8 Å². The number of nitrogens with zero attached hydrogens (tertiary/aromatic N) is 5. The fourth-order valence-electron chi connectivity index (χ4n) is 2.28. The SMILES string of the molecule is Cc1nn(CC(=O)Nc2cnn(C)c2C(=O)NCC(C)C)cc1[N+](=O)[O-]. The van der Waals surface area contributed by atoms with E-state index in [-0.39, 0.29) is 41.1 Å². The van der Waals surface area contributed by atoms with E-state index in [1.807, 2.05) is 13.8 Å². The summed E-state index contributed by atoms with van der Waals surface area (Å²) in [6.45, 7) is 5.70. The topological polar surface area (TPSA) is 137 Å². The summed E-state index contributed by atoms with van der Waals surface area (Å²) in [7, 11) is 1.60. The average Bonchev–Trinajstić information content (AvgIpc) is 3.07. The molecule has 0 unspecified atom stereocenters.